The van der Waals surface area contributed by atoms with Crippen LogP contribution in [0.15, 0.2) is 48.5 Å². The minimum absolute atomic E-state index is 0.00833. The molecule has 3 heteroatoms. The first-order valence-corrected chi connectivity index (χ1v) is 6.41. The van der Waals surface area contributed by atoms with Gasteiger partial charge in [0.2, 0.25) is 5.91 Å². The van der Waals surface area contributed by atoms with E-state index in [1.165, 1.54) is 0 Å². The Morgan fingerprint density at radius 1 is 1.11 bits per heavy atom. The number of rotatable bonds is 0. The number of para-hydroxylation sites is 2. The molecule has 1 atom stereocenters. The Morgan fingerprint density at radius 3 is 2.47 bits per heavy atom. The first kappa shape index (κ1) is 11.9. The van der Waals surface area contributed by atoms with Crippen LogP contribution in [-0.2, 0) is 11.2 Å². The Hall–Kier alpha value is -2.13. The number of fused-ring (bicyclic) bond motifs is 2. The molecule has 19 heavy (non-hydrogen) atoms. The fourth-order valence-electron chi connectivity index (χ4n) is 2.72. The number of benzene rings is 2. The lowest BCUT2D eigenvalue weighted by atomic mass is 10.00. The Labute approximate surface area is 112 Å². The zero-order valence-electron chi connectivity index (χ0n) is 10.8. The van der Waals surface area contributed by atoms with Crippen LogP contribution < -0.4 is 10.6 Å². The molecule has 2 aromatic rings. The summed E-state index contributed by atoms with van der Waals surface area (Å²) >= 11 is 0. The van der Waals surface area contributed by atoms with Crippen molar-refractivity contribution < 1.29 is 4.79 Å². The van der Waals surface area contributed by atoms with Crippen molar-refractivity contribution in [2.75, 3.05) is 4.90 Å². The van der Waals surface area contributed by atoms with E-state index in [-0.39, 0.29) is 11.9 Å². The van der Waals surface area contributed by atoms with Gasteiger partial charge < -0.3 is 5.73 Å². The topological polar surface area (TPSA) is 46.3 Å². The maximum Gasteiger partial charge on any atom is 0.228 e. The molecule has 0 aliphatic carbocycles. The van der Waals surface area contributed by atoms with Crippen molar-refractivity contribution in [1.82, 2.24) is 0 Å². The lowest BCUT2D eigenvalue weighted by Crippen LogP contribution is -2.24. The van der Waals surface area contributed by atoms with E-state index in [4.69, 9.17) is 5.73 Å². The Morgan fingerprint density at radius 2 is 1.74 bits per heavy atom. The molecule has 1 aliphatic heterocycles. The summed E-state index contributed by atoms with van der Waals surface area (Å²) in [6.45, 7) is 1.59. The third-order valence-corrected chi connectivity index (χ3v) is 3.56. The van der Waals surface area contributed by atoms with Gasteiger partial charge in [0.05, 0.1) is 11.4 Å². The number of carbonyl (C=O) groups is 1. The summed E-state index contributed by atoms with van der Waals surface area (Å²) in [6.07, 6.45) is 0.747. The van der Waals surface area contributed by atoms with E-state index in [0.717, 1.165) is 28.9 Å². The number of nitrogens with two attached hydrogens (primary N) is 1. The first-order chi connectivity index (χ1) is 9.18. The monoisotopic (exact) mass is 252 g/mol. The summed E-state index contributed by atoms with van der Waals surface area (Å²) in [5.74, 6) is 0.00833. The van der Waals surface area contributed by atoms with Crippen LogP contribution in [0.4, 0.5) is 11.4 Å². The van der Waals surface area contributed by atoms with Gasteiger partial charge in [-0.05, 0) is 29.7 Å². The highest BCUT2D eigenvalue weighted by Crippen LogP contribution is 2.38. The third-order valence-electron chi connectivity index (χ3n) is 3.56. The third kappa shape index (κ3) is 1.92. The van der Waals surface area contributed by atoms with Gasteiger partial charge in [-0.3, -0.25) is 9.69 Å². The van der Waals surface area contributed by atoms with Gasteiger partial charge in [-0.1, -0.05) is 36.4 Å². The minimum atomic E-state index is -0.0818. The van der Waals surface area contributed by atoms with Crippen molar-refractivity contribution in [3.05, 3.63) is 59.7 Å². The van der Waals surface area contributed by atoms with Crippen molar-refractivity contribution in [3.63, 3.8) is 0 Å². The van der Waals surface area contributed by atoms with Crippen molar-refractivity contribution in [1.29, 1.82) is 0 Å². The molecule has 1 aliphatic rings. The van der Waals surface area contributed by atoms with E-state index < -0.39 is 0 Å². The molecule has 0 aromatic heterocycles. The summed E-state index contributed by atoms with van der Waals surface area (Å²) in [7, 11) is 0. The van der Waals surface area contributed by atoms with Gasteiger partial charge in [-0.25, -0.2) is 0 Å². The van der Waals surface area contributed by atoms with E-state index in [2.05, 4.69) is 0 Å². The molecule has 0 radical (unpaired) electrons. The zero-order chi connectivity index (χ0) is 13.4. The predicted octanol–water partition coefficient (Wildman–Crippen LogP) is 2.93. The standard InChI is InChI=1S/C16H16N2O/c1-11(19)18-15-8-4-2-6-12(15)10-14(17)13-7-3-5-9-16(13)18/h2-9,14H,10,17H2,1H3/t14-/m0/s1. The maximum atomic E-state index is 12.1. The smallest absolute Gasteiger partial charge is 0.228 e. The molecule has 0 fully saturated rings. The molecule has 0 saturated heterocycles. The second kappa shape index (κ2) is 4.52. The van der Waals surface area contributed by atoms with Crippen LogP contribution in [0.3, 0.4) is 0 Å². The molecule has 0 bridgehead atoms. The normalized spacial score (nSPS) is 17.4. The highest BCUT2D eigenvalue weighted by Gasteiger charge is 2.26. The summed E-state index contributed by atoms with van der Waals surface area (Å²) < 4.78 is 0. The van der Waals surface area contributed by atoms with Crippen molar-refractivity contribution >= 4 is 17.3 Å². The quantitative estimate of drug-likeness (QED) is 0.783. The lowest BCUT2D eigenvalue weighted by molar-refractivity contribution is -0.115. The molecule has 1 heterocycles. The number of hydrogen-bond acceptors (Lipinski definition) is 2. The van der Waals surface area contributed by atoms with Gasteiger partial charge in [0, 0.05) is 13.0 Å². The van der Waals surface area contributed by atoms with E-state index in [0.29, 0.717) is 0 Å². The maximum absolute atomic E-state index is 12.1. The van der Waals surface area contributed by atoms with Gasteiger partial charge in [-0.2, -0.15) is 0 Å². The number of carbonyl (C=O) groups excluding carboxylic acids is 1. The van der Waals surface area contributed by atoms with Crippen LogP contribution >= 0.6 is 0 Å². The Bertz CT molecular complexity index is 636. The first-order valence-electron chi connectivity index (χ1n) is 6.41. The van der Waals surface area contributed by atoms with Gasteiger partial charge in [0.15, 0.2) is 0 Å². The van der Waals surface area contributed by atoms with Gasteiger partial charge in [-0.15, -0.1) is 0 Å². The number of nitrogens with zero attached hydrogens (tertiary/aromatic N) is 1. The highest BCUT2D eigenvalue weighted by molar-refractivity contribution is 6.01. The van der Waals surface area contributed by atoms with E-state index >= 15 is 0 Å². The van der Waals surface area contributed by atoms with E-state index in [1.807, 2.05) is 48.5 Å². The second-order valence-electron chi connectivity index (χ2n) is 4.85. The summed E-state index contributed by atoms with van der Waals surface area (Å²) in [4.78, 5) is 13.8. The van der Waals surface area contributed by atoms with Gasteiger partial charge in [0.25, 0.3) is 0 Å². The second-order valence-corrected chi connectivity index (χ2v) is 4.85. The Balaban J connectivity index is 2.28. The van der Waals surface area contributed by atoms with Crippen LogP contribution in [-0.4, -0.2) is 5.91 Å². The molecule has 1 amide bonds. The molecule has 3 rings (SSSR count). The van der Waals surface area contributed by atoms with Crippen LogP contribution in [0, 0.1) is 0 Å². The highest BCUT2D eigenvalue weighted by atomic mass is 16.2. The van der Waals surface area contributed by atoms with Crippen LogP contribution in [0.1, 0.15) is 24.1 Å². The molecular formula is C16H16N2O. The van der Waals surface area contributed by atoms with Crippen LogP contribution in [0.5, 0.6) is 0 Å². The van der Waals surface area contributed by atoms with Gasteiger partial charge in [0.1, 0.15) is 0 Å². The van der Waals surface area contributed by atoms with E-state index in [1.54, 1.807) is 11.8 Å². The average Bonchev–Trinajstić information content (AvgIpc) is 2.53. The van der Waals surface area contributed by atoms with Crippen molar-refractivity contribution in [2.24, 2.45) is 5.73 Å². The molecule has 2 N–H and O–H groups in total. The number of amides is 1. The van der Waals surface area contributed by atoms with E-state index in [9.17, 15) is 4.79 Å². The molecular weight excluding hydrogens is 236 g/mol. The number of hydrogen-bond donors (Lipinski definition) is 1. The average molecular weight is 252 g/mol. The SMILES string of the molecule is CC(=O)N1c2ccccc2C[C@H](N)c2ccccc21. The van der Waals surface area contributed by atoms with Crippen LogP contribution in [0.2, 0.25) is 0 Å². The zero-order valence-corrected chi connectivity index (χ0v) is 10.8. The molecule has 2 aromatic carbocycles. The van der Waals surface area contributed by atoms with Crippen molar-refractivity contribution in [2.45, 2.75) is 19.4 Å². The van der Waals surface area contributed by atoms with Crippen molar-refractivity contribution in [3.8, 4) is 0 Å². The molecule has 0 unspecified atom stereocenters. The summed E-state index contributed by atoms with van der Waals surface area (Å²) in [5, 5.41) is 0. The minimum Gasteiger partial charge on any atom is -0.324 e. The molecule has 0 saturated carbocycles. The Kier molecular flexibility index (Phi) is 2.84. The molecule has 96 valence electrons. The number of anilines is 2. The predicted molar refractivity (Wildman–Crippen MR) is 76.3 cm³/mol. The molecule has 0 spiro atoms. The lowest BCUT2D eigenvalue weighted by Gasteiger charge is -2.23. The fraction of sp³-hybridized carbons (Fsp3) is 0.188. The largest absolute Gasteiger partial charge is 0.324 e. The van der Waals surface area contributed by atoms with Gasteiger partial charge >= 0.3 is 0 Å². The summed E-state index contributed by atoms with van der Waals surface area (Å²) in [6, 6.07) is 15.7. The van der Waals surface area contributed by atoms with Crippen LogP contribution in [0.25, 0.3) is 0 Å². The fourth-order valence-corrected chi connectivity index (χ4v) is 2.72. The summed E-state index contributed by atoms with van der Waals surface area (Å²) in [5.41, 5.74) is 10.3. The molecule has 3 nitrogen and oxygen atoms in total.